The molecule has 31 heavy (non-hydrogen) atoms. The van der Waals surface area contributed by atoms with Gasteiger partial charge in [-0.3, -0.25) is 19.7 Å². The molecule has 1 amide bonds. The highest BCUT2D eigenvalue weighted by Crippen LogP contribution is 2.41. The normalized spacial score (nSPS) is 19.8. The number of aldehydes is 1. The molecule has 0 spiro atoms. The van der Waals surface area contributed by atoms with E-state index in [1.165, 1.54) is 23.4 Å². The predicted molar refractivity (Wildman–Crippen MR) is 116 cm³/mol. The molecule has 158 valence electrons. The lowest BCUT2D eigenvalue weighted by Crippen LogP contribution is -2.35. The van der Waals surface area contributed by atoms with Gasteiger partial charge in [-0.1, -0.05) is 24.3 Å². The Labute approximate surface area is 180 Å². The summed E-state index contributed by atoms with van der Waals surface area (Å²) in [5.74, 6) is 0.226. The minimum atomic E-state index is -0.678. The smallest absolute Gasteiger partial charge is 0.260 e. The molecule has 7 heteroatoms. The highest BCUT2D eigenvalue weighted by atomic mass is 19.1. The molecule has 0 bridgehead atoms. The van der Waals surface area contributed by atoms with Crippen LogP contribution in [0.15, 0.2) is 71.8 Å². The van der Waals surface area contributed by atoms with Gasteiger partial charge in [0.1, 0.15) is 24.0 Å². The van der Waals surface area contributed by atoms with E-state index in [1.807, 2.05) is 12.1 Å². The molecule has 1 aromatic carbocycles. The van der Waals surface area contributed by atoms with Crippen LogP contribution in [-0.4, -0.2) is 34.5 Å². The van der Waals surface area contributed by atoms with Gasteiger partial charge in [0.2, 0.25) is 0 Å². The van der Waals surface area contributed by atoms with E-state index >= 15 is 0 Å². The molecule has 1 N–H and O–H groups in total. The molecule has 0 radical (unpaired) electrons. The number of allylic oxidation sites excluding steroid dienone is 3. The van der Waals surface area contributed by atoms with E-state index in [1.54, 1.807) is 37.5 Å². The van der Waals surface area contributed by atoms with Crippen molar-refractivity contribution in [1.29, 1.82) is 0 Å². The van der Waals surface area contributed by atoms with Crippen molar-refractivity contribution in [2.24, 2.45) is 10.9 Å². The van der Waals surface area contributed by atoms with Crippen LogP contribution in [0.1, 0.15) is 47.3 Å². The van der Waals surface area contributed by atoms with Crippen LogP contribution in [0.4, 0.5) is 4.39 Å². The van der Waals surface area contributed by atoms with Gasteiger partial charge in [-0.15, -0.1) is 0 Å². The minimum absolute atomic E-state index is 0.311. The van der Waals surface area contributed by atoms with Crippen molar-refractivity contribution in [3.63, 3.8) is 0 Å². The number of nitrogens with zero attached hydrogens (tertiary/aromatic N) is 3. The first-order chi connectivity index (χ1) is 15.1. The van der Waals surface area contributed by atoms with Gasteiger partial charge in [0.15, 0.2) is 0 Å². The van der Waals surface area contributed by atoms with Crippen molar-refractivity contribution in [3.05, 3.63) is 89.3 Å². The number of carbonyl (C=O) groups excluding carboxylic acids is 2. The van der Waals surface area contributed by atoms with Crippen molar-refractivity contribution < 1.29 is 14.0 Å². The summed E-state index contributed by atoms with van der Waals surface area (Å²) >= 11 is 0. The zero-order chi connectivity index (χ0) is 21.8. The SMILES string of the molecule is CC(C=O)N=CN/C(=C\C=C/C1CC1)N1C(=O)c2cccc(F)c2C1c1cccnc1. The van der Waals surface area contributed by atoms with E-state index in [0.29, 0.717) is 28.4 Å². The first kappa shape index (κ1) is 20.7. The first-order valence-electron chi connectivity index (χ1n) is 10.2. The Morgan fingerprint density at radius 3 is 2.87 bits per heavy atom. The molecule has 1 saturated carbocycles. The van der Waals surface area contributed by atoms with E-state index in [2.05, 4.69) is 21.4 Å². The Kier molecular flexibility index (Phi) is 6.02. The summed E-state index contributed by atoms with van der Waals surface area (Å²) in [6.07, 6.45) is 13.4. The molecule has 2 aromatic rings. The number of amides is 1. The van der Waals surface area contributed by atoms with Crippen molar-refractivity contribution in [2.75, 3.05) is 0 Å². The topological polar surface area (TPSA) is 74.7 Å². The summed E-state index contributed by atoms with van der Waals surface area (Å²) in [5.41, 5.74) is 1.32. The zero-order valence-electron chi connectivity index (χ0n) is 17.1. The molecule has 0 saturated heterocycles. The molecule has 1 aliphatic heterocycles. The Balaban J connectivity index is 1.77. The molecule has 1 aromatic heterocycles. The quantitative estimate of drug-likeness (QED) is 0.306. The number of aromatic nitrogens is 1. The lowest BCUT2D eigenvalue weighted by atomic mass is 9.98. The fraction of sp³-hybridized carbons (Fsp3) is 0.250. The van der Waals surface area contributed by atoms with Crippen LogP contribution in [0, 0.1) is 11.7 Å². The summed E-state index contributed by atoms with van der Waals surface area (Å²) < 4.78 is 14.9. The molecule has 4 rings (SSSR count). The number of fused-ring (bicyclic) bond motifs is 1. The van der Waals surface area contributed by atoms with E-state index in [4.69, 9.17) is 0 Å². The Bertz CT molecular complexity index is 1060. The van der Waals surface area contributed by atoms with Gasteiger partial charge in [-0.25, -0.2) is 4.39 Å². The van der Waals surface area contributed by atoms with Gasteiger partial charge in [-0.2, -0.15) is 0 Å². The minimum Gasteiger partial charge on any atom is -0.333 e. The molecule has 6 nitrogen and oxygen atoms in total. The third kappa shape index (κ3) is 4.45. The predicted octanol–water partition coefficient (Wildman–Crippen LogP) is 3.78. The Morgan fingerprint density at radius 2 is 2.16 bits per heavy atom. The number of pyridine rings is 1. The fourth-order valence-electron chi connectivity index (χ4n) is 3.53. The second-order valence-corrected chi connectivity index (χ2v) is 7.64. The Morgan fingerprint density at radius 1 is 1.32 bits per heavy atom. The number of nitrogens with one attached hydrogen (secondary N) is 1. The number of rotatable bonds is 8. The lowest BCUT2D eigenvalue weighted by molar-refractivity contribution is -0.108. The van der Waals surface area contributed by atoms with Crippen LogP contribution in [0.5, 0.6) is 0 Å². The van der Waals surface area contributed by atoms with E-state index in [9.17, 15) is 14.0 Å². The monoisotopic (exact) mass is 418 g/mol. The molecule has 1 fully saturated rings. The van der Waals surface area contributed by atoms with Gasteiger partial charge in [0, 0.05) is 23.5 Å². The van der Waals surface area contributed by atoms with E-state index in [-0.39, 0.29) is 5.91 Å². The number of hydrogen-bond donors (Lipinski definition) is 1. The molecule has 2 atom stereocenters. The van der Waals surface area contributed by atoms with Crippen LogP contribution in [0.3, 0.4) is 0 Å². The largest absolute Gasteiger partial charge is 0.333 e. The van der Waals surface area contributed by atoms with Crippen LogP contribution in [-0.2, 0) is 4.79 Å². The first-order valence-corrected chi connectivity index (χ1v) is 10.2. The third-order valence-electron chi connectivity index (χ3n) is 5.27. The summed E-state index contributed by atoms with van der Waals surface area (Å²) in [4.78, 5) is 34.0. The second kappa shape index (κ2) is 9.04. The molecular formula is C24H23FN4O2. The summed E-state index contributed by atoms with van der Waals surface area (Å²) in [6.45, 7) is 1.66. The summed E-state index contributed by atoms with van der Waals surface area (Å²) in [7, 11) is 0. The highest BCUT2D eigenvalue weighted by Gasteiger charge is 2.41. The van der Waals surface area contributed by atoms with Crippen molar-refractivity contribution >= 4 is 18.5 Å². The second-order valence-electron chi connectivity index (χ2n) is 7.64. The zero-order valence-corrected chi connectivity index (χ0v) is 17.1. The lowest BCUT2D eigenvalue weighted by Gasteiger charge is -2.27. The number of carbonyl (C=O) groups is 2. The molecule has 2 unspecified atom stereocenters. The molecule has 1 aliphatic carbocycles. The van der Waals surface area contributed by atoms with Gasteiger partial charge < -0.3 is 10.1 Å². The Hall–Kier alpha value is -3.61. The standard InChI is InChI=1S/C24H23FN4O2/c1-16(14-30)27-15-28-21(9-2-5-17-10-11-17)29-23(18-6-4-12-26-13-18)22-19(24(29)31)7-3-8-20(22)25/h2-9,12-17,23H,10-11H2,1H3,(H,27,28)/b5-2-,21-9+. The summed E-state index contributed by atoms with van der Waals surface area (Å²) in [6, 6.07) is 6.90. The van der Waals surface area contributed by atoms with Crippen LogP contribution in [0.25, 0.3) is 0 Å². The van der Waals surface area contributed by atoms with E-state index in [0.717, 1.165) is 19.1 Å². The number of hydrogen-bond acceptors (Lipinski definition) is 4. The van der Waals surface area contributed by atoms with Crippen LogP contribution < -0.4 is 5.32 Å². The van der Waals surface area contributed by atoms with Gasteiger partial charge in [0.05, 0.1) is 12.4 Å². The van der Waals surface area contributed by atoms with E-state index < -0.39 is 17.9 Å². The maximum atomic E-state index is 14.9. The molecule has 2 heterocycles. The highest BCUT2D eigenvalue weighted by molar-refractivity contribution is 6.01. The average molecular weight is 418 g/mol. The van der Waals surface area contributed by atoms with Gasteiger partial charge in [-0.05, 0) is 55.5 Å². The van der Waals surface area contributed by atoms with Crippen molar-refractivity contribution in [1.82, 2.24) is 15.2 Å². The van der Waals surface area contributed by atoms with Crippen molar-refractivity contribution in [2.45, 2.75) is 31.8 Å². The third-order valence-corrected chi connectivity index (χ3v) is 5.27. The maximum absolute atomic E-state index is 14.9. The maximum Gasteiger partial charge on any atom is 0.260 e. The summed E-state index contributed by atoms with van der Waals surface area (Å²) in [5, 5.41) is 3.03. The van der Waals surface area contributed by atoms with Gasteiger partial charge in [0.25, 0.3) is 5.91 Å². The van der Waals surface area contributed by atoms with Crippen molar-refractivity contribution in [3.8, 4) is 0 Å². The number of halogens is 1. The average Bonchev–Trinajstić information content (AvgIpc) is 3.56. The van der Waals surface area contributed by atoms with Crippen LogP contribution in [0.2, 0.25) is 0 Å². The fourth-order valence-corrected chi connectivity index (χ4v) is 3.53. The molecular weight excluding hydrogens is 395 g/mol. The number of benzene rings is 1. The van der Waals surface area contributed by atoms with Gasteiger partial charge >= 0.3 is 0 Å². The molecule has 2 aliphatic rings. The number of aliphatic imine (C=N–C) groups is 1. The van der Waals surface area contributed by atoms with Crippen LogP contribution >= 0.6 is 0 Å².